The Hall–Kier alpha value is -2.98. The summed E-state index contributed by atoms with van der Waals surface area (Å²) < 4.78 is 40.1. The van der Waals surface area contributed by atoms with E-state index < -0.39 is 65.1 Å². The fraction of sp³-hybridized carbons (Fsp3) is 0.526. The van der Waals surface area contributed by atoms with Crippen LogP contribution in [0.3, 0.4) is 0 Å². The van der Waals surface area contributed by atoms with Crippen LogP contribution in [0.25, 0.3) is 0 Å². The predicted molar refractivity (Wildman–Crippen MR) is 102 cm³/mol. The molecule has 0 aliphatic carbocycles. The Morgan fingerprint density at radius 1 is 1.13 bits per heavy atom. The highest BCUT2D eigenvalue weighted by Crippen LogP contribution is 2.22. The van der Waals surface area contributed by atoms with Gasteiger partial charge in [-0.25, -0.2) is 18.2 Å². The zero-order valence-corrected chi connectivity index (χ0v) is 17.4. The standard InChI is InChI=1S/C19H25F3N4O4/c1-18(2,3)17(30)26-14-11(8-10(20)9-24-14)15(28)25-12(6-7-19(4,21)22)13(27)16(29)23-5/h8-9,12H,6-7H2,1-5H3,(H,23,29)(H,25,28)(H,24,26,30)/t12-/m0/s1. The number of hydrogen-bond donors (Lipinski definition) is 3. The summed E-state index contributed by atoms with van der Waals surface area (Å²) in [6.07, 6.45) is -0.538. The number of halogens is 3. The molecule has 0 saturated heterocycles. The van der Waals surface area contributed by atoms with Gasteiger partial charge in [0.15, 0.2) is 0 Å². The van der Waals surface area contributed by atoms with Gasteiger partial charge in [-0.3, -0.25) is 19.2 Å². The number of rotatable bonds is 8. The van der Waals surface area contributed by atoms with Crippen molar-refractivity contribution in [3.05, 3.63) is 23.6 Å². The van der Waals surface area contributed by atoms with Gasteiger partial charge in [0.25, 0.3) is 11.8 Å². The van der Waals surface area contributed by atoms with Crippen molar-refractivity contribution in [2.45, 2.75) is 52.5 Å². The molecule has 8 nitrogen and oxygen atoms in total. The summed E-state index contributed by atoms with van der Waals surface area (Å²) >= 11 is 0. The number of nitrogens with zero attached hydrogens (tertiary/aromatic N) is 1. The first-order valence-electron chi connectivity index (χ1n) is 9.07. The Morgan fingerprint density at radius 2 is 1.73 bits per heavy atom. The van der Waals surface area contributed by atoms with Crippen LogP contribution >= 0.6 is 0 Å². The van der Waals surface area contributed by atoms with Crippen molar-refractivity contribution in [2.24, 2.45) is 5.41 Å². The maximum Gasteiger partial charge on any atom is 0.289 e. The van der Waals surface area contributed by atoms with Crippen LogP contribution in [0, 0.1) is 11.2 Å². The molecule has 0 radical (unpaired) electrons. The lowest BCUT2D eigenvalue weighted by Crippen LogP contribution is -2.47. The highest BCUT2D eigenvalue weighted by molar-refractivity contribution is 6.38. The van der Waals surface area contributed by atoms with Gasteiger partial charge in [-0.2, -0.15) is 0 Å². The third kappa shape index (κ3) is 7.45. The first-order valence-corrected chi connectivity index (χ1v) is 9.07. The number of aromatic nitrogens is 1. The smallest absolute Gasteiger partial charge is 0.289 e. The Labute approximate surface area is 172 Å². The molecule has 0 saturated carbocycles. The van der Waals surface area contributed by atoms with Crippen LogP contribution in [0.2, 0.25) is 0 Å². The quantitative estimate of drug-likeness (QED) is 0.546. The zero-order valence-electron chi connectivity index (χ0n) is 17.4. The van der Waals surface area contributed by atoms with Gasteiger partial charge in [-0.1, -0.05) is 20.8 Å². The highest BCUT2D eigenvalue weighted by Gasteiger charge is 2.32. The molecule has 3 amide bonds. The van der Waals surface area contributed by atoms with E-state index in [1.54, 1.807) is 20.8 Å². The number of nitrogens with one attached hydrogen (secondary N) is 3. The normalized spacial score (nSPS) is 12.7. The van der Waals surface area contributed by atoms with Gasteiger partial charge in [0.2, 0.25) is 17.6 Å². The van der Waals surface area contributed by atoms with Crippen molar-refractivity contribution in [1.82, 2.24) is 15.6 Å². The molecule has 0 spiro atoms. The van der Waals surface area contributed by atoms with Gasteiger partial charge in [0.05, 0.1) is 17.8 Å². The average molecular weight is 430 g/mol. The zero-order chi connectivity index (χ0) is 23.3. The molecular weight excluding hydrogens is 405 g/mol. The van der Waals surface area contributed by atoms with Crippen LogP contribution in [-0.2, 0) is 14.4 Å². The lowest BCUT2D eigenvalue weighted by molar-refractivity contribution is -0.139. The number of likely N-dealkylation sites (N-methyl/N-ethyl adjacent to an activating group) is 1. The first kappa shape index (κ1) is 25.1. The maximum absolute atomic E-state index is 13.7. The molecule has 0 aliphatic heterocycles. The van der Waals surface area contributed by atoms with Crippen molar-refractivity contribution in [1.29, 1.82) is 0 Å². The molecule has 1 atom stereocenters. The maximum atomic E-state index is 13.7. The van der Waals surface area contributed by atoms with Gasteiger partial charge in [-0.15, -0.1) is 0 Å². The molecule has 1 heterocycles. The fourth-order valence-corrected chi connectivity index (χ4v) is 2.19. The first-order chi connectivity index (χ1) is 13.7. The van der Waals surface area contributed by atoms with Gasteiger partial charge in [0.1, 0.15) is 11.6 Å². The van der Waals surface area contributed by atoms with Crippen LogP contribution in [0.5, 0.6) is 0 Å². The SMILES string of the molecule is CNC(=O)C(=O)[C@H](CCC(C)(F)F)NC(=O)c1cc(F)cnc1NC(=O)C(C)(C)C. The predicted octanol–water partition coefficient (Wildman–Crippen LogP) is 2.05. The Bertz CT molecular complexity index is 832. The van der Waals surface area contributed by atoms with E-state index in [0.717, 1.165) is 12.3 Å². The monoisotopic (exact) mass is 430 g/mol. The van der Waals surface area contributed by atoms with Crippen LogP contribution in [-0.4, -0.2) is 47.5 Å². The van der Waals surface area contributed by atoms with Crippen LogP contribution < -0.4 is 16.0 Å². The van der Waals surface area contributed by atoms with E-state index >= 15 is 0 Å². The number of pyridine rings is 1. The van der Waals surface area contributed by atoms with Crippen molar-refractivity contribution < 1.29 is 32.3 Å². The number of amides is 3. The van der Waals surface area contributed by atoms with Gasteiger partial charge in [-0.05, 0) is 19.4 Å². The fourth-order valence-electron chi connectivity index (χ4n) is 2.19. The molecule has 30 heavy (non-hydrogen) atoms. The summed E-state index contributed by atoms with van der Waals surface area (Å²) in [5.41, 5.74) is -1.28. The van der Waals surface area contributed by atoms with Crippen molar-refractivity contribution in [3.8, 4) is 0 Å². The van der Waals surface area contributed by atoms with Gasteiger partial charge in [0, 0.05) is 18.9 Å². The molecule has 11 heteroatoms. The number of ketones is 1. The Kier molecular flexibility index (Phi) is 8.09. The van der Waals surface area contributed by atoms with Gasteiger partial charge < -0.3 is 16.0 Å². The second-order valence-corrected chi connectivity index (χ2v) is 7.83. The van der Waals surface area contributed by atoms with E-state index in [1.165, 1.54) is 7.05 Å². The van der Waals surface area contributed by atoms with E-state index in [4.69, 9.17) is 0 Å². The lowest BCUT2D eigenvalue weighted by atomic mass is 9.95. The largest absolute Gasteiger partial charge is 0.353 e. The molecule has 166 valence electrons. The number of hydrogen-bond acceptors (Lipinski definition) is 5. The molecule has 1 rings (SSSR count). The van der Waals surface area contributed by atoms with Crippen molar-refractivity contribution >= 4 is 29.3 Å². The molecule has 0 fully saturated rings. The number of Topliss-reactive ketones (excluding diaryl/α,β-unsaturated/α-hetero) is 1. The summed E-state index contributed by atoms with van der Waals surface area (Å²) in [7, 11) is 1.17. The number of carbonyl (C=O) groups is 4. The molecule has 1 aromatic heterocycles. The van der Waals surface area contributed by atoms with Crippen molar-refractivity contribution in [2.75, 3.05) is 12.4 Å². The topological polar surface area (TPSA) is 117 Å². The van der Waals surface area contributed by atoms with E-state index in [0.29, 0.717) is 6.92 Å². The summed E-state index contributed by atoms with van der Waals surface area (Å²) in [6, 6.07) is -0.811. The van der Waals surface area contributed by atoms with Crippen LogP contribution in [0.4, 0.5) is 19.0 Å². The number of alkyl halides is 2. The molecule has 0 aliphatic rings. The van der Waals surface area contributed by atoms with E-state index in [9.17, 15) is 32.3 Å². The minimum absolute atomic E-state index is 0.277. The summed E-state index contributed by atoms with van der Waals surface area (Å²) in [4.78, 5) is 52.4. The highest BCUT2D eigenvalue weighted by atomic mass is 19.3. The second-order valence-electron chi connectivity index (χ2n) is 7.83. The van der Waals surface area contributed by atoms with E-state index in [-0.39, 0.29) is 5.82 Å². The third-order valence-corrected chi connectivity index (χ3v) is 3.96. The summed E-state index contributed by atoms with van der Waals surface area (Å²) in [5.74, 6) is -8.12. The Morgan fingerprint density at radius 3 is 2.23 bits per heavy atom. The molecule has 0 bridgehead atoms. The molecule has 3 N–H and O–H groups in total. The van der Waals surface area contributed by atoms with E-state index in [2.05, 4.69) is 20.9 Å². The third-order valence-electron chi connectivity index (χ3n) is 3.96. The van der Waals surface area contributed by atoms with Crippen LogP contribution in [0.1, 0.15) is 50.9 Å². The molecule has 1 aromatic rings. The molecule has 0 unspecified atom stereocenters. The molecule has 0 aromatic carbocycles. The minimum atomic E-state index is -3.14. The second kappa shape index (κ2) is 9.68. The number of carbonyl (C=O) groups excluding carboxylic acids is 4. The number of anilines is 1. The van der Waals surface area contributed by atoms with Crippen molar-refractivity contribution in [3.63, 3.8) is 0 Å². The minimum Gasteiger partial charge on any atom is -0.353 e. The Balaban J connectivity index is 3.18. The summed E-state index contributed by atoms with van der Waals surface area (Å²) in [5, 5.41) is 6.61. The molecular formula is C19H25F3N4O4. The van der Waals surface area contributed by atoms with E-state index in [1.807, 2.05) is 0 Å². The summed E-state index contributed by atoms with van der Waals surface area (Å²) in [6.45, 7) is 5.45. The van der Waals surface area contributed by atoms with Crippen LogP contribution in [0.15, 0.2) is 12.3 Å². The lowest BCUT2D eigenvalue weighted by Gasteiger charge is -2.21. The van der Waals surface area contributed by atoms with Gasteiger partial charge >= 0.3 is 0 Å². The average Bonchev–Trinajstić information content (AvgIpc) is 2.63.